The first kappa shape index (κ1) is 18.4. The van der Waals surface area contributed by atoms with Gasteiger partial charge in [0.1, 0.15) is 0 Å². The lowest BCUT2D eigenvalue weighted by atomic mass is 9.96. The van der Waals surface area contributed by atoms with Gasteiger partial charge in [-0.25, -0.2) is 9.59 Å². The SMILES string of the molecule is CCOC(=O)CCc1c(/C=C/C(=O)O)cccc1C(=O)OCC. The zero-order chi connectivity index (χ0) is 17.2. The van der Waals surface area contributed by atoms with Crippen molar-refractivity contribution in [1.82, 2.24) is 0 Å². The number of esters is 2. The van der Waals surface area contributed by atoms with E-state index in [-0.39, 0.29) is 32.0 Å². The van der Waals surface area contributed by atoms with Gasteiger partial charge in [-0.3, -0.25) is 4.79 Å². The topological polar surface area (TPSA) is 89.9 Å². The molecule has 6 nitrogen and oxygen atoms in total. The lowest BCUT2D eigenvalue weighted by Gasteiger charge is -2.12. The van der Waals surface area contributed by atoms with Crippen LogP contribution in [0.25, 0.3) is 6.08 Å². The van der Waals surface area contributed by atoms with Crippen molar-refractivity contribution in [3.05, 3.63) is 41.0 Å². The van der Waals surface area contributed by atoms with Gasteiger partial charge in [0.05, 0.1) is 18.8 Å². The highest BCUT2D eigenvalue weighted by atomic mass is 16.5. The largest absolute Gasteiger partial charge is 0.478 e. The van der Waals surface area contributed by atoms with Crippen molar-refractivity contribution in [3.8, 4) is 0 Å². The van der Waals surface area contributed by atoms with E-state index in [1.807, 2.05) is 0 Å². The summed E-state index contributed by atoms with van der Waals surface area (Å²) >= 11 is 0. The summed E-state index contributed by atoms with van der Waals surface area (Å²) in [5.74, 6) is -1.97. The molecule has 0 radical (unpaired) electrons. The molecule has 1 N–H and O–H groups in total. The van der Waals surface area contributed by atoms with E-state index >= 15 is 0 Å². The Morgan fingerprint density at radius 2 is 1.83 bits per heavy atom. The van der Waals surface area contributed by atoms with E-state index in [2.05, 4.69) is 0 Å². The smallest absolute Gasteiger partial charge is 0.338 e. The van der Waals surface area contributed by atoms with E-state index in [4.69, 9.17) is 14.6 Å². The second-order valence-corrected chi connectivity index (χ2v) is 4.57. The van der Waals surface area contributed by atoms with Gasteiger partial charge in [0.2, 0.25) is 0 Å². The van der Waals surface area contributed by atoms with Crippen LogP contribution in [0.15, 0.2) is 24.3 Å². The molecule has 0 aromatic heterocycles. The van der Waals surface area contributed by atoms with Crippen LogP contribution in [-0.4, -0.2) is 36.2 Å². The molecule has 0 fully saturated rings. The third-order valence-corrected chi connectivity index (χ3v) is 3.00. The summed E-state index contributed by atoms with van der Waals surface area (Å²) in [6.07, 6.45) is 2.73. The minimum atomic E-state index is -1.09. The normalized spacial score (nSPS) is 10.5. The van der Waals surface area contributed by atoms with Crippen molar-refractivity contribution in [1.29, 1.82) is 0 Å². The predicted octanol–water partition coefficient (Wildman–Crippen LogP) is 2.46. The van der Waals surface area contributed by atoms with Gasteiger partial charge in [-0.15, -0.1) is 0 Å². The number of carboxylic acids is 1. The molecule has 1 rings (SSSR count). The van der Waals surface area contributed by atoms with Crippen molar-refractivity contribution in [2.75, 3.05) is 13.2 Å². The highest BCUT2D eigenvalue weighted by Crippen LogP contribution is 2.20. The molecule has 0 amide bonds. The van der Waals surface area contributed by atoms with E-state index in [9.17, 15) is 14.4 Å². The van der Waals surface area contributed by atoms with Crippen molar-refractivity contribution in [2.24, 2.45) is 0 Å². The molecular weight excluding hydrogens is 300 g/mol. The summed E-state index contributed by atoms with van der Waals surface area (Å²) in [5, 5.41) is 8.76. The van der Waals surface area contributed by atoms with Crippen molar-refractivity contribution in [2.45, 2.75) is 26.7 Å². The lowest BCUT2D eigenvalue weighted by Crippen LogP contribution is -2.12. The van der Waals surface area contributed by atoms with Crippen LogP contribution in [0.1, 0.15) is 41.8 Å². The molecule has 1 aromatic rings. The highest BCUT2D eigenvalue weighted by molar-refractivity contribution is 5.93. The first-order valence-electron chi connectivity index (χ1n) is 7.35. The molecule has 0 aliphatic carbocycles. The molecule has 1 aromatic carbocycles. The minimum absolute atomic E-state index is 0.0954. The molecule has 0 saturated carbocycles. The fourth-order valence-electron chi connectivity index (χ4n) is 2.06. The lowest BCUT2D eigenvalue weighted by molar-refractivity contribution is -0.143. The predicted molar refractivity (Wildman–Crippen MR) is 84.0 cm³/mol. The Bertz CT molecular complexity index is 603. The van der Waals surface area contributed by atoms with E-state index in [0.717, 1.165) is 6.08 Å². The molecule has 0 spiro atoms. The summed E-state index contributed by atoms with van der Waals surface area (Å²) in [6.45, 7) is 3.92. The quantitative estimate of drug-likeness (QED) is 0.584. The second-order valence-electron chi connectivity index (χ2n) is 4.57. The zero-order valence-electron chi connectivity index (χ0n) is 13.2. The number of ether oxygens (including phenoxy) is 2. The minimum Gasteiger partial charge on any atom is -0.478 e. The molecule has 23 heavy (non-hydrogen) atoms. The van der Waals surface area contributed by atoms with Gasteiger partial charge in [-0.05, 0) is 43.5 Å². The molecule has 0 aliphatic heterocycles. The Balaban J connectivity index is 3.14. The van der Waals surface area contributed by atoms with Crippen LogP contribution in [0.5, 0.6) is 0 Å². The summed E-state index contributed by atoms with van der Waals surface area (Å²) in [4.78, 5) is 34.3. The van der Waals surface area contributed by atoms with Crippen LogP contribution in [0.4, 0.5) is 0 Å². The van der Waals surface area contributed by atoms with E-state index in [1.54, 1.807) is 32.0 Å². The van der Waals surface area contributed by atoms with E-state index in [0.29, 0.717) is 16.7 Å². The van der Waals surface area contributed by atoms with Crippen LogP contribution >= 0.6 is 0 Å². The number of rotatable bonds is 8. The average Bonchev–Trinajstić information content (AvgIpc) is 2.51. The molecule has 0 bridgehead atoms. The maximum atomic E-state index is 12.0. The summed E-state index contributed by atoms with van der Waals surface area (Å²) in [6, 6.07) is 4.92. The Morgan fingerprint density at radius 1 is 1.13 bits per heavy atom. The fraction of sp³-hybridized carbons (Fsp3) is 0.353. The van der Waals surface area contributed by atoms with Gasteiger partial charge in [0, 0.05) is 12.5 Å². The van der Waals surface area contributed by atoms with Gasteiger partial charge in [-0.1, -0.05) is 12.1 Å². The molecule has 0 atom stereocenters. The van der Waals surface area contributed by atoms with Crippen LogP contribution in [-0.2, 0) is 25.5 Å². The molecule has 124 valence electrons. The summed E-state index contributed by atoms with van der Waals surface area (Å²) in [5.41, 5.74) is 1.45. The zero-order valence-corrected chi connectivity index (χ0v) is 13.2. The Hall–Kier alpha value is -2.63. The monoisotopic (exact) mass is 320 g/mol. The highest BCUT2D eigenvalue weighted by Gasteiger charge is 2.16. The molecular formula is C17H20O6. The number of hydrogen-bond donors (Lipinski definition) is 1. The number of carbonyl (C=O) groups excluding carboxylic acids is 2. The first-order chi connectivity index (χ1) is 11.0. The molecule has 0 heterocycles. The Kier molecular flexibility index (Phi) is 7.53. The van der Waals surface area contributed by atoms with Crippen molar-refractivity contribution >= 4 is 24.0 Å². The van der Waals surface area contributed by atoms with Crippen LogP contribution in [0.2, 0.25) is 0 Å². The Labute approximate surface area is 134 Å². The van der Waals surface area contributed by atoms with Crippen LogP contribution in [0, 0.1) is 0 Å². The van der Waals surface area contributed by atoms with Gasteiger partial charge in [0.25, 0.3) is 0 Å². The van der Waals surface area contributed by atoms with Gasteiger partial charge in [0.15, 0.2) is 0 Å². The fourth-order valence-corrected chi connectivity index (χ4v) is 2.06. The molecule has 0 unspecified atom stereocenters. The number of aliphatic carboxylic acids is 1. The number of benzene rings is 1. The maximum absolute atomic E-state index is 12.0. The Morgan fingerprint density at radius 3 is 2.43 bits per heavy atom. The first-order valence-corrected chi connectivity index (χ1v) is 7.35. The number of carboxylic acid groups (broad SMARTS) is 1. The molecule has 0 saturated heterocycles. The molecule has 0 aliphatic rings. The van der Waals surface area contributed by atoms with Crippen molar-refractivity contribution < 1.29 is 29.0 Å². The number of carbonyl (C=O) groups is 3. The van der Waals surface area contributed by atoms with Crippen LogP contribution in [0.3, 0.4) is 0 Å². The van der Waals surface area contributed by atoms with Gasteiger partial charge in [-0.2, -0.15) is 0 Å². The maximum Gasteiger partial charge on any atom is 0.338 e. The third kappa shape index (κ3) is 5.94. The molecule has 6 heteroatoms. The summed E-state index contributed by atoms with van der Waals surface area (Å²) < 4.78 is 9.89. The average molecular weight is 320 g/mol. The van der Waals surface area contributed by atoms with Gasteiger partial charge >= 0.3 is 17.9 Å². The standard InChI is InChI=1S/C17H20O6/c1-3-22-16(20)11-9-13-12(8-10-15(18)19)6-5-7-14(13)17(21)23-4-2/h5-8,10H,3-4,9,11H2,1-2H3,(H,18,19)/b10-8+. The van der Waals surface area contributed by atoms with Crippen LogP contribution < -0.4 is 0 Å². The third-order valence-electron chi connectivity index (χ3n) is 3.00. The van der Waals surface area contributed by atoms with E-state index < -0.39 is 11.9 Å². The second kappa shape index (κ2) is 9.40. The van der Waals surface area contributed by atoms with E-state index in [1.165, 1.54) is 6.08 Å². The number of hydrogen-bond acceptors (Lipinski definition) is 5. The van der Waals surface area contributed by atoms with Gasteiger partial charge < -0.3 is 14.6 Å². The van der Waals surface area contributed by atoms with Crippen molar-refractivity contribution in [3.63, 3.8) is 0 Å². The summed E-state index contributed by atoms with van der Waals surface area (Å²) in [7, 11) is 0.